The number of nitrogens with one attached hydrogen (secondary N) is 1. The number of halogens is 3. The van der Waals surface area contributed by atoms with E-state index in [-0.39, 0.29) is 19.6 Å². The SMILES string of the molecule is CCN(CCC(F)(F)F)C(=O)NCc1cccc2cccnc12. The van der Waals surface area contributed by atoms with Gasteiger partial charge in [-0.1, -0.05) is 24.3 Å². The number of hydrogen-bond acceptors (Lipinski definition) is 2. The molecule has 1 heterocycles. The summed E-state index contributed by atoms with van der Waals surface area (Å²) in [5, 5.41) is 3.61. The Balaban J connectivity index is 1.99. The zero-order valence-electron chi connectivity index (χ0n) is 12.7. The van der Waals surface area contributed by atoms with Crippen LogP contribution in [-0.4, -0.2) is 35.2 Å². The number of carbonyl (C=O) groups excluding carboxylic acids is 1. The van der Waals surface area contributed by atoms with E-state index < -0.39 is 18.6 Å². The van der Waals surface area contributed by atoms with Gasteiger partial charge in [-0.3, -0.25) is 4.98 Å². The van der Waals surface area contributed by atoms with Gasteiger partial charge in [0.2, 0.25) is 0 Å². The largest absolute Gasteiger partial charge is 0.390 e. The fourth-order valence-electron chi connectivity index (χ4n) is 2.26. The molecule has 0 unspecified atom stereocenters. The Morgan fingerprint density at radius 2 is 2.00 bits per heavy atom. The first-order chi connectivity index (χ1) is 10.9. The molecule has 0 fully saturated rings. The Kier molecular flexibility index (Phi) is 5.41. The van der Waals surface area contributed by atoms with Crippen LogP contribution in [0.2, 0.25) is 0 Å². The Hall–Kier alpha value is -2.31. The maximum Gasteiger partial charge on any atom is 0.390 e. The molecular formula is C16H18F3N3O. The summed E-state index contributed by atoms with van der Waals surface area (Å²) in [6.45, 7) is 1.74. The second kappa shape index (κ2) is 7.30. The molecule has 0 aliphatic carbocycles. The summed E-state index contributed by atoms with van der Waals surface area (Å²) in [7, 11) is 0. The van der Waals surface area contributed by atoms with Gasteiger partial charge in [-0.25, -0.2) is 4.79 Å². The van der Waals surface area contributed by atoms with Crippen molar-refractivity contribution in [2.75, 3.05) is 13.1 Å². The molecule has 1 N–H and O–H groups in total. The molecule has 0 aliphatic heterocycles. The lowest BCUT2D eigenvalue weighted by atomic mass is 10.1. The zero-order valence-corrected chi connectivity index (χ0v) is 12.7. The van der Waals surface area contributed by atoms with E-state index in [0.29, 0.717) is 0 Å². The second-order valence-corrected chi connectivity index (χ2v) is 5.10. The van der Waals surface area contributed by atoms with Crippen molar-refractivity contribution in [2.45, 2.75) is 26.1 Å². The molecule has 0 radical (unpaired) electrons. The number of urea groups is 1. The molecule has 7 heteroatoms. The Morgan fingerprint density at radius 3 is 2.70 bits per heavy atom. The molecule has 0 saturated heterocycles. The number of amides is 2. The lowest BCUT2D eigenvalue weighted by Crippen LogP contribution is -2.41. The van der Waals surface area contributed by atoms with Gasteiger partial charge in [-0.15, -0.1) is 0 Å². The van der Waals surface area contributed by atoms with Gasteiger partial charge >= 0.3 is 12.2 Å². The fourth-order valence-corrected chi connectivity index (χ4v) is 2.26. The Bertz CT molecular complexity index is 668. The third-order valence-corrected chi connectivity index (χ3v) is 3.48. The smallest absolute Gasteiger partial charge is 0.334 e. The highest BCUT2D eigenvalue weighted by Gasteiger charge is 2.28. The van der Waals surface area contributed by atoms with Crippen molar-refractivity contribution in [3.05, 3.63) is 42.1 Å². The molecule has 124 valence electrons. The van der Waals surface area contributed by atoms with E-state index in [1.165, 1.54) is 0 Å². The van der Waals surface area contributed by atoms with Crippen LogP contribution in [0.4, 0.5) is 18.0 Å². The van der Waals surface area contributed by atoms with E-state index in [1.54, 1.807) is 13.1 Å². The maximum atomic E-state index is 12.3. The van der Waals surface area contributed by atoms with Gasteiger partial charge in [0.25, 0.3) is 0 Å². The number of pyridine rings is 1. The lowest BCUT2D eigenvalue weighted by molar-refractivity contribution is -0.136. The first kappa shape index (κ1) is 17.1. The van der Waals surface area contributed by atoms with Crippen molar-refractivity contribution in [2.24, 2.45) is 0 Å². The predicted molar refractivity (Wildman–Crippen MR) is 81.9 cm³/mol. The van der Waals surface area contributed by atoms with Crippen molar-refractivity contribution < 1.29 is 18.0 Å². The van der Waals surface area contributed by atoms with Crippen molar-refractivity contribution in [1.82, 2.24) is 15.2 Å². The molecule has 2 amide bonds. The van der Waals surface area contributed by atoms with E-state index in [4.69, 9.17) is 0 Å². The number of alkyl halides is 3. The van der Waals surface area contributed by atoms with Gasteiger partial charge in [-0.2, -0.15) is 13.2 Å². The molecule has 1 aromatic heterocycles. The van der Waals surface area contributed by atoms with Crippen LogP contribution < -0.4 is 5.32 Å². The van der Waals surface area contributed by atoms with Crippen molar-refractivity contribution >= 4 is 16.9 Å². The second-order valence-electron chi connectivity index (χ2n) is 5.10. The minimum absolute atomic E-state index is 0.218. The van der Waals surface area contributed by atoms with Crippen LogP contribution in [0.3, 0.4) is 0 Å². The third kappa shape index (κ3) is 4.84. The van der Waals surface area contributed by atoms with Crippen molar-refractivity contribution in [3.63, 3.8) is 0 Å². The van der Waals surface area contributed by atoms with Crippen molar-refractivity contribution in [3.8, 4) is 0 Å². The van der Waals surface area contributed by atoms with Crippen LogP contribution in [0.1, 0.15) is 18.9 Å². The third-order valence-electron chi connectivity index (χ3n) is 3.48. The van der Waals surface area contributed by atoms with Gasteiger partial charge in [0.05, 0.1) is 11.9 Å². The summed E-state index contributed by atoms with van der Waals surface area (Å²) in [6.07, 6.45) is -3.62. The first-order valence-electron chi connectivity index (χ1n) is 7.33. The first-order valence-corrected chi connectivity index (χ1v) is 7.33. The summed E-state index contributed by atoms with van der Waals surface area (Å²) in [5.74, 6) is 0. The molecule has 0 spiro atoms. The molecule has 0 atom stereocenters. The van der Waals surface area contributed by atoms with Gasteiger partial charge < -0.3 is 10.2 Å². The van der Waals surface area contributed by atoms with Gasteiger partial charge in [0.15, 0.2) is 0 Å². The number of para-hydroxylation sites is 1. The fraction of sp³-hybridized carbons (Fsp3) is 0.375. The van der Waals surface area contributed by atoms with Gasteiger partial charge in [0.1, 0.15) is 0 Å². The van der Waals surface area contributed by atoms with Crippen LogP contribution in [-0.2, 0) is 6.54 Å². The summed E-state index contributed by atoms with van der Waals surface area (Å²) < 4.78 is 36.8. The van der Waals surface area contributed by atoms with Crippen LogP contribution in [0.5, 0.6) is 0 Å². The molecule has 23 heavy (non-hydrogen) atoms. The van der Waals surface area contributed by atoms with E-state index in [9.17, 15) is 18.0 Å². The lowest BCUT2D eigenvalue weighted by Gasteiger charge is -2.22. The number of rotatable bonds is 5. The summed E-state index contributed by atoms with van der Waals surface area (Å²) in [5.41, 5.74) is 1.59. The van der Waals surface area contributed by atoms with E-state index in [0.717, 1.165) is 21.4 Å². The van der Waals surface area contributed by atoms with Gasteiger partial charge in [-0.05, 0) is 18.6 Å². The molecule has 0 bridgehead atoms. The van der Waals surface area contributed by atoms with Crippen LogP contribution in [0.15, 0.2) is 36.5 Å². The highest BCUT2D eigenvalue weighted by atomic mass is 19.4. The van der Waals surface area contributed by atoms with Crippen LogP contribution >= 0.6 is 0 Å². The molecule has 2 aromatic rings. The number of nitrogens with zero attached hydrogens (tertiary/aromatic N) is 2. The summed E-state index contributed by atoms with van der Waals surface area (Å²) in [4.78, 5) is 17.5. The van der Waals surface area contributed by atoms with E-state index >= 15 is 0 Å². The van der Waals surface area contributed by atoms with E-state index in [1.807, 2.05) is 30.3 Å². The number of benzene rings is 1. The average Bonchev–Trinajstić information content (AvgIpc) is 2.52. The maximum absolute atomic E-state index is 12.3. The predicted octanol–water partition coefficient (Wildman–Crippen LogP) is 3.72. The average molecular weight is 325 g/mol. The summed E-state index contributed by atoms with van der Waals surface area (Å²) >= 11 is 0. The van der Waals surface area contributed by atoms with Crippen molar-refractivity contribution in [1.29, 1.82) is 0 Å². The number of carbonyl (C=O) groups is 1. The minimum Gasteiger partial charge on any atom is -0.334 e. The molecule has 0 aliphatic rings. The highest BCUT2D eigenvalue weighted by molar-refractivity contribution is 5.82. The van der Waals surface area contributed by atoms with Crippen LogP contribution in [0.25, 0.3) is 10.9 Å². The number of fused-ring (bicyclic) bond motifs is 1. The quantitative estimate of drug-likeness (QED) is 0.910. The topological polar surface area (TPSA) is 45.2 Å². The molecule has 0 saturated carbocycles. The minimum atomic E-state index is -4.27. The van der Waals surface area contributed by atoms with E-state index in [2.05, 4.69) is 10.3 Å². The Labute approximate surface area is 132 Å². The highest BCUT2D eigenvalue weighted by Crippen LogP contribution is 2.20. The normalized spacial score (nSPS) is 11.5. The summed E-state index contributed by atoms with van der Waals surface area (Å²) in [6, 6.07) is 8.82. The van der Waals surface area contributed by atoms with Gasteiger partial charge in [0, 0.05) is 31.2 Å². The standard InChI is InChI=1S/C16H18F3N3O/c1-2-22(10-8-16(17,18)19)15(23)21-11-13-6-3-5-12-7-4-9-20-14(12)13/h3-7,9H,2,8,10-11H2,1H3,(H,21,23). The molecular weight excluding hydrogens is 307 g/mol. The molecule has 4 nitrogen and oxygen atoms in total. The molecule has 1 aromatic carbocycles. The monoisotopic (exact) mass is 325 g/mol. The Morgan fingerprint density at radius 1 is 1.26 bits per heavy atom. The zero-order chi connectivity index (χ0) is 16.9. The van der Waals surface area contributed by atoms with Crippen LogP contribution in [0, 0.1) is 0 Å². The number of hydrogen-bond donors (Lipinski definition) is 1. The number of aromatic nitrogens is 1. The molecule has 2 rings (SSSR count).